The Labute approximate surface area is 208 Å². The number of aliphatic imine (C=N–C) groups is 1. The number of hydrogen-bond acceptors (Lipinski definition) is 4. The molecule has 3 rings (SSSR count). The minimum absolute atomic E-state index is 0. The molecule has 0 radical (unpaired) electrons. The van der Waals surface area contributed by atoms with Crippen LogP contribution in [0, 0.1) is 5.82 Å². The fourth-order valence-electron chi connectivity index (χ4n) is 4.14. The number of carbonyl (C=O) groups excluding carboxylic acids is 1. The standard InChI is InChI=1S/C23H36FN5O2.HI/c1-3-25-23(26-17-21(31-2)19-7-9-20(24)10-8-19)29-15-13-27(14-16-29)18-22(30)28-11-5-4-6-12-28;/h7-10,21H,3-6,11-18H2,1-2H3,(H,25,26);1H. The number of ether oxygens (including phenoxy) is 1. The molecule has 2 aliphatic heterocycles. The zero-order valence-electron chi connectivity index (χ0n) is 19.3. The summed E-state index contributed by atoms with van der Waals surface area (Å²) < 4.78 is 18.8. The fourth-order valence-corrected chi connectivity index (χ4v) is 4.14. The van der Waals surface area contributed by atoms with E-state index >= 15 is 0 Å². The SMILES string of the molecule is CCNC(=NCC(OC)c1ccc(F)cc1)N1CCN(CC(=O)N2CCCCC2)CC1.I. The van der Waals surface area contributed by atoms with Gasteiger partial charge in [-0.2, -0.15) is 0 Å². The van der Waals surface area contributed by atoms with Crippen LogP contribution >= 0.6 is 24.0 Å². The molecule has 32 heavy (non-hydrogen) atoms. The van der Waals surface area contributed by atoms with Gasteiger partial charge in [0.05, 0.1) is 13.1 Å². The first kappa shape index (κ1) is 26.8. The Morgan fingerprint density at radius 2 is 1.72 bits per heavy atom. The van der Waals surface area contributed by atoms with Crippen molar-refractivity contribution < 1.29 is 13.9 Å². The second-order valence-electron chi connectivity index (χ2n) is 8.18. The lowest BCUT2D eigenvalue weighted by Crippen LogP contribution is -2.54. The maximum absolute atomic E-state index is 13.2. The molecule has 1 aromatic rings. The second kappa shape index (κ2) is 13.9. The molecule has 1 unspecified atom stereocenters. The Morgan fingerprint density at radius 1 is 1.06 bits per heavy atom. The van der Waals surface area contributed by atoms with Crippen LogP contribution in [0.15, 0.2) is 29.3 Å². The number of benzene rings is 1. The summed E-state index contributed by atoms with van der Waals surface area (Å²) >= 11 is 0. The molecule has 2 heterocycles. The zero-order chi connectivity index (χ0) is 22.1. The van der Waals surface area contributed by atoms with E-state index < -0.39 is 0 Å². The van der Waals surface area contributed by atoms with E-state index in [9.17, 15) is 9.18 Å². The Morgan fingerprint density at radius 3 is 2.31 bits per heavy atom. The van der Waals surface area contributed by atoms with Crippen LogP contribution in [0.1, 0.15) is 37.9 Å². The number of nitrogens with one attached hydrogen (secondary N) is 1. The molecule has 180 valence electrons. The van der Waals surface area contributed by atoms with E-state index in [2.05, 4.69) is 22.0 Å². The lowest BCUT2D eigenvalue weighted by Gasteiger charge is -2.37. The number of hydrogen-bond donors (Lipinski definition) is 1. The summed E-state index contributed by atoms with van der Waals surface area (Å²) in [7, 11) is 1.65. The van der Waals surface area contributed by atoms with Crippen molar-refractivity contribution in [2.75, 3.05) is 66.0 Å². The first-order valence-corrected chi connectivity index (χ1v) is 11.4. The summed E-state index contributed by atoms with van der Waals surface area (Å²) in [5, 5.41) is 3.37. The minimum atomic E-state index is -0.257. The number of rotatable bonds is 7. The van der Waals surface area contributed by atoms with Crippen molar-refractivity contribution in [2.24, 2.45) is 4.99 Å². The molecule has 0 aliphatic carbocycles. The Hall–Kier alpha value is -1.46. The Balaban J connectivity index is 0.00000363. The van der Waals surface area contributed by atoms with E-state index in [1.807, 2.05) is 4.90 Å². The summed E-state index contributed by atoms with van der Waals surface area (Å²) in [5.74, 6) is 0.858. The van der Waals surface area contributed by atoms with Crippen LogP contribution in [0.3, 0.4) is 0 Å². The van der Waals surface area contributed by atoms with Crippen molar-refractivity contribution >= 4 is 35.8 Å². The molecule has 7 nitrogen and oxygen atoms in total. The largest absolute Gasteiger partial charge is 0.375 e. The molecule has 0 aromatic heterocycles. The summed E-state index contributed by atoms with van der Waals surface area (Å²) in [4.78, 5) is 23.8. The minimum Gasteiger partial charge on any atom is -0.375 e. The monoisotopic (exact) mass is 561 g/mol. The van der Waals surface area contributed by atoms with Crippen LogP contribution in [0.5, 0.6) is 0 Å². The summed E-state index contributed by atoms with van der Waals surface area (Å²) in [6, 6.07) is 6.37. The molecule has 2 aliphatic rings. The molecule has 1 atom stereocenters. The summed E-state index contributed by atoms with van der Waals surface area (Å²) in [5.41, 5.74) is 0.907. The summed E-state index contributed by atoms with van der Waals surface area (Å²) in [6.07, 6.45) is 3.27. The number of halogens is 2. The van der Waals surface area contributed by atoms with Gasteiger partial charge in [0, 0.05) is 52.9 Å². The van der Waals surface area contributed by atoms with E-state index in [0.717, 1.165) is 70.2 Å². The maximum atomic E-state index is 13.2. The van der Waals surface area contributed by atoms with E-state index in [1.165, 1.54) is 18.6 Å². The van der Waals surface area contributed by atoms with Gasteiger partial charge in [0.2, 0.25) is 5.91 Å². The van der Waals surface area contributed by atoms with Gasteiger partial charge in [-0.1, -0.05) is 12.1 Å². The van der Waals surface area contributed by atoms with Gasteiger partial charge in [0.1, 0.15) is 11.9 Å². The molecule has 0 bridgehead atoms. The lowest BCUT2D eigenvalue weighted by atomic mass is 10.1. The van der Waals surface area contributed by atoms with E-state index in [4.69, 9.17) is 9.73 Å². The Kier molecular flexibility index (Phi) is 11.7. The van der Waals surface area contributed by atoms with Gasteiger partial charge in [-0.25, -0.2) is 4.39 Å². The summed E-state index contributed by atoms with van der Waals surface area (Å²) in [6.45, 7) is 8.95. The van der Waals surface area contributed by atoms with Crippen LogP contribution in [0.4, 0.5) is 4.39 Å². The highest BCUT2D eigenvalue weighted by molar-refractivity contribution is 14.0. The third-order valence-corrected chi connectivity index (χ3v) is 6.01. The first-order valence-electron chi connectivity index (χ1n) is 11.4. The predicted molar refractivity (Wildman–Crippen MR) is 136 cm³/mol. The van der Waals surface area contributed by atoms with E-state index in [0.29, 0.717) is 13.1 Å². The molecular weight excluding hydrogens is 524 g/mol. The third-order valence-electron chi connectivity index (χ3n) is 6.01. The highest BCUT2D eigenvalue weighted by Crippen LogP contribution is 2.18. The van der Waals surface area contributed by atoms with Crippen LogP contribution in [0.25, 0.3) is 0 Å². The highest BCUT2D eigenvalue weighted by atomic mass is 127. The molecular formula is C23H37FIN5O2. The van der Waals surface area contributed by atoms with Gasteiger partial charge in [0.15, 0.2) is 5.96 Å². The number of piperazine rings is 1. The van der Waals surface area contributed by atoms with Gasteiger partial charge >= 0.3 is 0 Å². The topological polar surface area (TPSA) is 60.4 Å². The normalized spacial score (nSPS) is 18.8. The number of piperidine rings is 1. The van der Waals surface area contributed by atoms with Gasteiger partial charge in [-0.15, -0.1) is 24.0 Å². The molecule has 1 aromatic carbocycles. The number of methoxy groups -OCH3 is 1. The highest BCUT2D eigenvalue weighted by Gasteiger charge is 2.24. The fraction of sp³-hybridized carbons (Fsp3) is 0.652. The van der Waals surface area contributed by atoms with Crippen LogP contribution < -0.4 is 5.32 Å². The van der Waals surface area contributed by atoms with Crippen LogP contribution in [-0.4, -0.2) is 92.6 Å². The van der Waals surface area contributed by atoms with Crippen molar-refractivity contribution in [3.8, 4) is 0 Å². The molecule has 0 spiro atoms. The van der Waals surface area contributed by atoms with Crippen molar-refractivity contribution in [3.63, 3.8) is 0 Å². The maximum Gasteiger partial charge on any atom is 0.236 e. The zero-order valence-corrected chi connectivity index (χ0v) is 21.6. The van der Waals surface area contributed by atoms with E-state index in [1.54, 1.807) is 19.2 Å². The van der Waals surface area contributed by atoms with E-state index in [-0.39, 0.29) is 41.8 Å². The number of guanidine groups is 1. The van der Waals surface area contributed by atoms with Gasteiger partial charge in [-0.05, 0) is 43.9 Å². The number of nitrogens with zero attached hydrogens (tertiary/aromatic N) is 4. The molecule has 1 amide bonds. The third kappa shape index (κ3) is 7.84. The van der Waals surface area contributed by atoms with Gasteiger partial charge < -0.3 is 19.9 Å². The number of carbonyl (C=O) groups is 1. The van der Waals surface area contributed by atoms with Crippen molar-refractivity contribution in [1.29, 1.82) is 0 Å². The quantitative estimate of drug-likeness (QED) is 0.315. The number of amides is 1. The molecule has 0 saturated carbocycles. The molecule has 2 saturated heterocycles. The number of likely N-dealkylation sites (tertiary alicyclic amines) is 1. The van der Waals surface area contributed by atoms with Crippen molar-refractivity contribution in [2.45, 2.75) is 32.3 Å². The van der Waals surface area contributed by atoms with Crippen molar-refractivity contribution in [1.82, 2.24) is 20.0 Å². The molecule has 9 heteroatoms. The van der Waals surface area contributed by atoms with Crippen molar-refractivity contribution in [3.05, 3.63) is 35.6 Å². The molecule has 2 fully saturated rings. The lowest BCUT2D eigenvalue weighted by molar-refractivity contribution is -0.133. The molecule has 1 N–H and O–H groups in total. The average molecular weight is 561 g/mol. The Bertz CT molecular complexity index is 720. The van der Waals surface area contributed by atoms with Gasteiger partial charge in [0.25, 0.3) is 0 Å². The van der Waals surface area contributed by atoms with Crippen LogP contribution in [-0.2, 0) is 9.53 Å². The van der Waals surface area contributed by atoms with Crippen LogP contribution in [0.2, 0.25) is 0 Å². The first-order chi connectivity index (χ1) is 15.1. The predicted octanol–water partition coefficient (Wildman–Crippen LogP) is 2.73. The average Bonchev–Trinajstić information content (AvgIpc) is 2.81. The smallest absolute Gasteiger partial charge is 0.236 e. The second-order valence-corrected chi connectivity index (χ2v) is 8.18. The van der Waals surface area contributed by atoms with Gasteiger partial charge in [-0.3, -0.25) is 14.7 Å².